The predicted molar refractivity (Wildman–Crippen MR) is 131 cm³/mol. The molecule has 0 saturated carbocycles. The number of nitrogens with zero attached hydrogens (tertiary/aromatic N) is 2. The molecule has 0 atom stereocenters. The van der Waals surface area contributed by atoms with Crippen molar-refractivity contribution in [3.8, 4) is 0 Å². The van der Waals surface area contributed by atoms with Gasteiger partial charge in [0.05, 0.1) is 11.1 Å². The van der Waals surface area contributed by atoms with E-state index in [1.807, 2.05) is 37.3 Å². The number of benzene rings is 1. The first-order valence-corrected chi connectivity index (χ1v) is 12.2. The Hall–Kier alpha value is -3.52. The van der Waals surface area contributed by atoms with E-state index in [1.165, 1.54) is 17.5 Å². The second-order valence-corrected chi connectivity index (χ2v) is 9.19. The molecule has 1 aromatic carbocycles. The predicted octanol–water partition coefficient (Wildman–Crippen LogP) is 4.48. The molecule has 0 aliphatic heterocycles. The fraction of sp³-hybridized carbons (Fsp3) is 0.308. The Balaban J connectivity index is 1.48. The van der Waals surface area contributed by atoms with E-state index in [2.05, 4.69) is 10.3 Å². The first-order chi connectivity index (χ1) is 16.6. The highest BCUT2D eigenvalue weighted by atomic mass is 32.1. The van der Waals surface area contributed by atoms with Crippen molar-refractivity contribution in [2.45, 2.75) is 39.2 Å². The Bertz CT molecular complexity index is 1160. The molecule has 1 aliphatic rings. The number of amides is 2. The van der Waals surface area contributed by atoms with Crippen LogP contribution >= 0.6 is 11.3 Å². The van der Waals surface area contributed by atoms with E-state index in [0.29, 0.717) is 29.2 Å². The summed E-state index contributed by atoms with van der Waals surface area (Å²) in [5, 5.41) is 3.33. The number of anilines is 1. The molecule has 0 bridgehead atoms. The molecule has 1 aliphatic carbocycles. The molecule has 2 amide bonds. The molecule has 3 aromatic rings. The van der Waals surface area contributed by atoms with Gasteiger partial charge in [-0.3, -0.25) is 14.6 Å². The van der Waals surface area contributed by atoms with E-state index in [0.717, 1.165) is 41.7 Å². The van der Waals surface area contributed by atoms with Gasteiger partial charge in [-0.15, -0.1) is 11.3 Å². The van der Waals surface area contributed by atoms with Crippen molar-refractivity contribution < 1.29 is 19.1 Å². The third kappa shape index (κ3) is 5.51. The van der Waals surface area contributed by atoms with Gasteiger partial charge in [-0.05, 0) is 55.9 Å². The number of ether oxygens (including phenoxy) is 1. The number of aromatic nitrogens is 1. The normalized spacial score (nSPS) is 12.5. The van der Waals surface area contributed by atoms with E-state index in [9.17, 15) is 14.4 Å². The first kappa shape index (κ1) is 23.6. The zero-order chi connectivity index (χ0) is 23.9. The largest absolute Gasteiger partial charge is 0.452 e. The van der Waals surface area contributed by atoms with Crippen molar-refractivity contribution in [1.29, 1.82) is 0 Å². The minimum atomic E-state index is -0.579. The maximum atomic E-state index is 13.1. The fourth-order valence-electron chi connectivity index (χ4n) is 4.01. The van der Waals surface area contributed by atoms with Crippen LogP contribution in [0.3, 0.4) is 0 Å². The molecule has 2 heterocycles. The van der Waals surface area contributed by atoms with Gasteiger partial charge >= 0.3 is 5.97 Å². The Kier molecular flexibility index (Phi) is 7.69. The van der Waals surface area contributed by atoms with Gasteiger partial charge < -0.3 is 15.0 Å². The summed E-state index contributed by atoms with van der Waals surface area (Å²) >= 11 is 1.41. The molecule has 2 aromatic heterocycles. The lowest BCUT2D eigenvalue weighted by Gasteiger charge is -2.21. The number of fused-ring (bicyclic) bond motifs is 1. The minimum absolute atomic E-state index is 0.259. The van der Waals surface area contributed by atoms with Crippen LogP contribution in [0.15, 0.2) is 54.9 Å². The number of aryl methyl sites for hydroxylation is 1. The number of pyridine rings is 1. The quantitative estimate of drug-likeness (QED) is 0.483. The second kappa shape index (κ2) is 11.1. The smallest absolute Gasteiger partial charge is 0.341 e. The lowest BCUT2D eigenvalue weighted by molar-refractivity contribution is -0.134. The number of thiophene rings is 1. The SMILES string of the molecule is CCN(Cc1ccccc1)C(=O)COC(=O)c1c(NC(=O)c2cccnc2)sc2c1CCCC2. The van der Waals surface area contributed by atoms with E-state index < -0.39 is 5.97 Å². The summed E-state index contributed by atoms with van der Waals surface area (Å²) in [4.78, 5) is 45.3. The molecule has 8 heteroatoms. The molecular formula is C26H27N3O4S. The van der Waals surface area contributed by atoms with Crippen molar-refractivity contribution in [2.24, 2.45) is 0 Å². The summed E-state index contributed by atoms with van der Waals surface area (Å²) in [6, 6.07) is 13.0. The molecule has 4 rings (SSSR count). The van der Waals surface area contributed by atoms with Gasteiger partial charge in [-0.2, -0.15) is 0 Å². The van der Waals surface area contributed by atoms with Crippen LogP contribution in [0.5, 0.6) is 0 Å². The molecule has 0 fully saturated rings. The number of likely N-dealkylation sites (N-methyl/N-ethyl adjacent to an activating group) is 1. The summed E-state index contributed by atoms with van der Waals surface area (Å²) in [5.41, 5.74) is 2.71. The lowest BCUT2D eigenvalue weighted by Crippen LogP contribution is -2.34. The van der Waals surface area contributed by atoms with E-state index in [4.69, 9.17) is 4.74 Å². The monoisotopic (exact) mass is 477 g/mol. The van der Waals surface area contributed by atoms with Crippen LogP contribution in [0.2, 0.25) is 0 Å². The zero-order valence-electron chi connectivity index (χ0n) is 19.1. The lowest BCUT2D eigenvalue weighted by atomic mass is 9.95. The molecule has 1 N–H and O–H groups in total. The highest BCUT2D eigenvalue weighted by Crippen LogP contribution is 2.38. The Labute approximate surface area is 202 Å². The van der Waals surface area contributed by atoms with Crippen LogP contribution in [0.4, 0.5) is 5.00 Å². The maximum Gasteiger partial charge on any atom is 0.341 e. The van der Waals surface area contributed by atoms with Crippen LogP contribution in [-0.2, 0) is 28.9 Å². The number of esters is 1. The van der Waals surface area contributed by atoms with Gasteiger partial charge in [0.25, 0.3) is 11.8 Å². The first-order valence-electron chi connectivity index (χ1n) is 11.4. The summed E-state index contributed by atoms with van der Waals surface area (Å²) in [6.07, 6.45) is 6.70. The average molecular weight is 478 g/mol. The third-order valence-corrected chi connectivity index (χ3v) is 7.01. The highest BCUT2D eigenvalue weighted by molar-refractivity contribution is 7.17. The molecule has 7 nitrogen and oxygen atoms in total. The molecule has 0 saturated heterocycles. The molecular weight excluding hydrogens is 450 g/mol. The van der Waals surface area contributed by atoms with Gasteiger partial charge in [-0.25, -0.2) is 4.79 Å². The van der Waals surface area contributed by atoms with E-state index in [-0.39, 0.29) is 18.4 Å². The number of carbonyl (C=O) groups excluding carboxylic acids is 3. The number of nitrogens with one attached hydrogen (secondary N) is 1. The highest BCUT2D eigenvalue weighted by Gasteiger charge is 2.28. The van der Waals surface area contributed by atoms with Crippen molar-refractivity contribution >= 4 is 34.1 Å². The molecule has 0 unspecified atom stereocenters. The molecule has 176 valence electrons. The van der Waals surface area contributed by atoms with Crippen molar-refractivity contribution in [1.82, 2.24) is 9.88 Å². The van der Waals surface area contributed by atoms with Gasteiger partial charge in [0.2, 0.25) is 0 Å². The summed E-state index contributed by atoms with van der Waals surface area (Å²) < 4.78 is 5.48. The van der Waals surface area contributed by atoms with Crippen LogP contribution in [-0.4, -0.2) is 40.8 Å². The Morgan fingerprint density at radius 3 is 2.62 bits per heavy atom. The second-order valence-electron chi connectivity index (χ2n) is 8.08. The van der Waals surface area contributed by atoms with Crippen LogP contribution in [0.25, 0.3) is 0 Å². The standard InChI is InChI=1S/C26H27N3O4S/c1-2-29(16-18-9-4-3-5-10-18)22(30)17-33-26(32)23-20-12-6-7-13-21(20)34-25(23)28-24(31)19-11-8-14-27-15-19/h3-5,8-11,14-15H,2,6-7,12-13,16-17H2,1H3,(H,28,31). The third-order valence-electron chi connectivity index (χ3n) is 5.80. The van der Waals surface area contributed by atoms with Crippen LogP contribution in [0.1, 0.15) is 56.5 Å². The van der Waals surface area contributed by atoms with Crippen molar-refractivity contribution in [2.75, 3.05) is 18.5 Å². The van der Waals surface area contributed by atoms with Gasteiger partial charge in [0.1, 0.15) is 5.00 Å². The van der Waals surface area contributed by atoms with Crippen LogP contribution in [0, 0.1) is 0 Å². The summed E-state index contributed by atoms with van der Waals surface area (Å²) in [5.74, 6) is -1.17. The zero-order valence-corrected chi connectivity index (χ0v) is 19.9. The van der Waals surface area contributed by atoms with Gasteiger partial charge in [-0.1, -0.05) is 30.3 Å². The van der Waals surface area contributed by atoms with E-state index >= 15 is 0 Å². The Morgan fingerprint density at radius 1 is 1.09 bits per heavy atom. The summed E-state index contributed by atoms with van der Waals surface area (Å²) in [6.45, 7) is 2.50. The maximum absolute atomic E-state index is 13.1. The van der Waals surface area contributed by atoms with E-state index in [1.54, 1.807) is 23.2 Å². The number of rotatable bonds is 8. The molecule has 34 heavy (non-hydrogen) atoms. The average Bonchev–Trinajstić information content (AvgIpc) is 3.24. The minimum Gasteiger partial charge on any atom is -0.452 e. The number of hydrogen-bond acceptors (Lipinski definition) is 6. The Morgan fingerprint density at radius 2 is 1.88 bits per heavy atom. The topological polar surface area (TPSA) is 88.6 Å². The molecule has 0 radical (unpaired) electrons. The van der Waals surface area contributed by atoms with Crippen LogP contribution < -0.4 is 5.32 Å². The number of carbonyl (C=O) groups is 3. The fourth-order valence-corrected chi connectivity index (χ4v) is 5.29. The van der Waals surface area contributed by atoms with Crippen molar-refractivity contribution in [3.05, 3.63) is 82.0 Å². The van der Waals surface area contributed by atoms with Crippen molar-refractivity contribution in [3.63, 3.8) is 0 Å². The van der Waals surface area contributed by atoms with Gasteiger partial charge in [0, 0.05) is 30.4 Å². The number of hydrogen-bond donors (Lipinski definition) is 1. The summed E-state index contributed by atoms with van der Waals surface area (Å²) in [7, 11) is 0. The van der Waals surface area contributed by atoms with Gasteiger partial charge in [0.15, 0.2) is 6.61 Å². The molecule has 0 spiro atoms.